The van der Waals surface area contributed by atoms with E-state index in [9.17, 15) is 24.0 Å². The van der Waals surface area contributed by atoms with Crippen molar-refractivity contribution in [2.45, 2.75) is 76.8 Å². The van der Waals surface area contributed by atoms with E-state index >= 15 is 0 Å². The lowest BCUT2D eigenvalue weighted by Gasteiger charge is -2.30. The van der Waals surface area contributed by atoms with Crippen LogP contribution in [0.4, 0.5) is 4.79 Å². The molecule has 0 aliphatic carbocycles. The normalized spacial score (nSPS) is 13.2. The van der Waals surface area contributed by atoms with Crippen LogP contribution in [-0.4, -0.2) is 61.1 Å². The van der Waals surface area contributed by atoms with E-state index in [1.165, 1.54) is 7.11 Å². The van der Waals surface area contributed by atoms with Gasteiger partial charge in [0.1, 0.15) is 25.3 Å². The van der Waals surface area contributed by atoms with Crippen LogP contribution in [0.5, 0.6) is 0 Å². The predicted octanol–water partition coefficient (Wildman–Crippen LogP) is 3.96. The number of ether oxygens (including phenoxy) is 3. The molecule has 50 heavy (non-hydrogen) atoms. The number of carbonyl (C=O) groups is 5. The van der Waals surface area contributed by atoms with Crippen molar-refractivity contribution in [2.75, 3.05) is 13.7 Å². The van der Waals surface area contributed by atoms with Crippen molar-refractivity contribution in [1.82, 2.24) is 16.0 Å². The van der Waals surface area contributed by atoms with Gasteiger partial charge < -0.3 is 35.9 Å². The fourth-order valence-corrected chi connectivity index (χ4v) is 5.11. The molecule has 0 bridgehead atoms. The van der Waals surface area contributed by atoms with Gasteiger partial charge in [0.25, 0.3) is 5.91 Å². The number of alkyl carbamates (subject to hydrolysis) is 1. The highest BCUT2D eigenvalue weighted by atomic mass is 16.5. The molecule has 0 heterocycles. The minimum Gasteiger partial charge on any atom is -0.467 e. The number of amides is 3. The van der Waals surface area contributed by atoms with Crippen LogP contribution in [0.25, 0.3) is 0 Å². The monoisotopic (exact) mass is 688 g/mol. The van der Waals surface area contributed by atoms with Crippen molar-refractivity contribution in [2.24, 2.45) is 11.7 Å². The summed E-state index contributed by atoms with van der Waals surface area (Å²) in [6.07, 6.45) is 0.615. The summed E-state index contributed by atoms with van der Waals surface area (Å²) in [5, 5.41) is 8.04. The Balaban J connectivity index is 1.63. The van der Waals surface area contributed by atoms with Crippen LogP contribution < -0.4 is 21.7 Å². The second-order valence-electron chi connectivity index (χ2n) is 12.4. The summed E-state index contributed by atoms with van der Waals surface area (Å²) in [7, 11) is 1.21. The van der Waals surface area contributed by atoms with Crippen LogP contribution in [0.1, 0.15) is 56.2 Å². The van der Waals surface area contributed by atoms with E-state index in [1.807, 2.05) is 50.2 Å². The lowest BCUT2D eigenvalue weighted by molar-refractivity contribution is -0.156. The van der Waals surface area contributed by atoms with Gasteiger partial charge in [-0.3, -0.25) is 9.59 Å². The minimum absolute atomic E-state index is 0.0540. The van der Waals surface area contributed by atoms with Crippen molar-refractivity contribution in [3.63, 3.8) is 0 Å². The van der Waals surface area contributed by atoms with Gasteiger partial charge in [0.2, 0.25) is 5.91 Å². The summed E-state index contributed by atoms with van der Waals surface area (Å²) in [5.41, 5.74) is 6.60. The van der Waals surface area contributed by atoms with Gasteiger partial charge in [-0.2, -0.15) is 0 Å². The highest BCUT2D eigenvalue weighted by molar-refractivity contribution is 6.08. The number of benzene rings is 3. The summed E-state index contributed by atoms with van der Waals surface area (Å²) >= 11 is 0. The third-order valence-electron chi connectivity index (χ3n) is 7.84. The highest BCUT2D eigenvalue weighted by Gasteiger charge is 2.45. The van der Waals surface area contributed by atoms with Crippen molar-refractivity contribution in [1.29, 1.82) is 0 Å². The van der Waals surface area contributed by atoms with Crippen LogP contribution >= 0.6 is 0 Å². The quantitative estimate of drug-likeness (QED) is 0.0629. The lowest BCUT2D eigenvalue weighted by atomic mass is 9.89. The molecular weight excluding hydrogens is 640 g/mol. The predicted molar refractivity (Wildman–Crippen MR) is 187 cm³/mol. The summed E-state index contributed by atoms with van der Waals surface area (Å²) in [6.45, 7) is 4.08. The van der Waals surface area contributed by atoms with Crippen molar-refractivity contribution < 1.29 is 38.2 Å². The van der Waals surface area contributed by atoms with Crippen LogP contribution in [-0.2, 0) is 53.0 Å². The first-order valence-electron chi connectivity index (χ1n) is 16.7. The number of nitrogens with two attached hydrogens (primary N) is 1. The van der Waals surface area contributed by atoms with E-state index in [4.69, 9.17) is 19.9 Å². The zero-order valence-electron chi connectivity index (χ0n) is 28.9. The Morgan fingerprint density at radius 3 is 1.80 bits per heavy atom. The molecule has 0 aliphatic rings. The zero-order valence-corrected chi connectivity index (χ0v) is 28.9. The van der Waals surface area contributed by atoms with Gasteiger partial charge in [-0.05, 0) is 48.3 Å². The number of nitrogens with one attached hydrogen (secondary N) is 3. The van der Waals surface area contributed by atoms with Gasteiger partial charge in [-0.15, -0.1) is 0 Å². The molecule has 0 saturated heterocycles. The maximum Gasteiger partial charge on any atom is 0.407 e. The molecular formula is C38H48N4O8. The van der Waals surface area contributed by atoms with Gasteiger partial charge in [0.15, 0.2) is 5.54 Å². The van der Waals surface area contributed by atoms with Crippen molar-refractivity contribution in [3.05, 3.63) is 108 Å². The van der Waals surface area contributed by atoms with Crippen LogP contribution in [0.2, 0.25) is 0 Å². The molecule has 0 aliphatic heterocycles. The molecule has 0 saturated carbocycles. The number of unbranched alkanes of at least 4 members (excludes halogenated alkanes) is 1. The van der Waals surface area contributed by atoms with Gasteiger partial charge in [0.05, 0.1) is 7.11 Å². The van der Waals surface area contributed by atoms with E-state index in [1.54, 1.807) is 54.6 Å². The number of carbonyl (C=O) groups excluding carboxylic acids is 5. The molecule has 3 aromatic carbocycles. The second kappa shape index (κ2) is 20.3. The van der Waals surface area contributed by atoms with E-state index in [2.05, 4.69) is 16.0 Å². The zero-order chi connectivity index (χ0) is 36.4. The molecule has 0 fully saturated rings. The molecule has 0 spiro atoms. The van der Waals surface area contributed by atoms with E-state index in [-0.39, 0.29) is 38.4 Å². The van der Waals surface area contributed by atoms with Crippen molar-refractivity contribution >= 4 is 29.8 Å². The van der Waals surface area contributed by atoms with Gasteiger partial charge in [-0.25, -0.2) is 14.4 Å². The second-order valence-corrected chi connectivity index (χ2v) is 12.4. The van der Waals surface area contributed by atoms with Gasteiger partial charge in [-0.1, -0.05) is 105 Å². The molecule has 3 aromatic rings. The molecule has 5 N–H and O–H groups in total. The Hall–Kier alpha value is -5.23. The topological polar surface area (TPSA) is 175 Å². The lowest BCUT2D eigenvalue weighted by Crippen LogP contribution is -2.65. The minimum atomic E-state index is -2.16. The Labute approximate surface area is 293 Å². The Kier molecular flexibility index (Phi) is 15.9. The molecule has 0 unspecified atom stereocenters. The van der Waals surface area contributed by atoms with Crippen LogP contribution in [0, 0.1) is 5.92 Å². The molecule has 3 atom stereocenters. The van der Waals surface area contributed by atoms with Crippen molar-refractivity contribution in [3.8, 4) is 0 Å². The van der Waals surface area contributed by atoms with Gasteiger partial charge >= 0.3 is 18.0 Å². The number of esters is 2. The maximum absolute atomic E-state index is 13.9. The third-order valence-corrected chi connectivity index (χ3v) is 7.84. The van der Waals surface area contributed by atoms with E-state index < -0.39 is 47.5 Å². The molecule has 12 heteroatoms. The number of methoxy groups -OCH3 is 1. The van der Waals surface area contributed by atoms with E-state index in [0.717, 1.165) is 5.56 Å². The maximum atomic E-state index is 13.9. The fraction of sp³-hybridized carbons (Fsp3) is 0.395. The standard InChI is InChI=1S/C38H48N4O8/c1-27(2)23-32(33(43)41-31(34(44)48-3)21-13-14-22-40-37(47)50-26-30-19-11-6-12-20-30)42-35(45)38(39,24-28-15-7-4-8-16-28)36(46)49-25-29-17-9-5-10-18-29/h4-12,15-20,27,31-32H,13-14,21-26,39H2,1-3H3,(H,40,47)(H,41,43)(H,42,45)/t31-,32+,38+/m0/s1. The summed E-state index contributed by atoms with van der Waals surface area (Å²) in [6, 6.07) is 24.9. The molecule has 3 amide bonds. The largest absolute Gasteiger partial charge is 0.467 e. The Morgan fingerprint density at radius 2 is 1.26 bits per heavy atom. The highest BCUT2D eigenvalue weighted by Crippen LogP contribution is 2.17. The fourth-order valence-electron chi connectivity index (χ4n) is 5.11. The molecule has 268 valence electrons. The van der Waals surface area contributed by atoms with Crippen LogP contribution in [0.3, 0.4) is 0 Å². The summed E-state index contributed by atoms with van der Waals surface area (Å²) in [5.74, 6) is -3.19. The number of rotatable bonds is 19. The average molecular weight is 689 g/mol. The van der Waals surface area contributed by atoms with Gasteiger partial charge in [0, 0.05) is 13.0 Å². The first-order chi connectivity index (χ1) is 24.0. The molecule has 0 radical (unpaired) electrons. The number of hydrogen-bond donors (Lipinski definition) is 4. The Bertz CT molecular complexity index is 1520. The van der Waals surface area contributed by atoms with Crippen LogP contribution in [0.15, 0.2) is 91.0 Å². The first-order valence-corrected chi connectivity index (χ1v) is 16.7. The number of hydrogen-bond acceptors (Lipinski definition) is 9. The summed E-state index contributed by atoms with van der Waals surface area (Å²) < 4.78 is 15.6. The SMILES string of the molecule is COC(=O)[C@H](CCCCNC(=O)OCc1ccccc1)NC(=O)[C@@H](CC(C)C)NC(=O)[C@](N)(Cc1ccccc1)C(=O)OCc1ccccc1. The molecule has 0 aromatic heterocycles. The molecule has 12 nitrogen and oxygen atoms in total. The average Bonchev–Trinajstić information content (AvgIpc) is 3.12. The summed E-state index contributed by atoms with van der Waals surface area (Å²) in [4.78, 5) is 65.7. The molecule has 3 rings (SSSR count). The third kappa shape index (κ3) is 13.0. The van der Waals surface area contributed by atoms with E-state index in [0.29, 0.717) is 30.5 Å². The first kappa shape index (κ1) is 39.2. The smallest absolute Gasteiger partial charge is 0.407 e. The Morgan fingerprint density at radius 1 is 0.720 bits per heavy atom.